The summed E-state index contributed by atoms with van der Waals surface area (Å²) in [6, 6.07) is 13.9. The number of aryl methyl sites for hydroxylation is 2. The van der Waals surface area contributed by atoms with Gasteiger partial charge in [0, 0.05) is 0 Å². The highest BCUT2D eigenvalue weighted by Crippen LogP contribution is 2.54. The quantitative estimate of drug-likeness (QED) is 0.691. The predicted octanol–water partition coefficient (Wildman–Crippen LogP) is 5.41. The zero-order valence-electron chi connectivity index (χ0n) is 12.3. The molecule has 0 bridgehead atoms. The van der Waals surface area contributed by atoms with Crippen molar-refractivity contribution in [1.82, 2.24) is 0 Å². The summed E-state index contributed by atoms with van der Waals surface area (Å²) in [6.45, 7) is 4.20. The van der Waals surface area contributed by atoms with Crippen molar-refractivity contribution >= 4 is 8.60 Å². The minimum absolute atomic E-state index is 0.795. The summed E-state index contributed by atoms with van der Waals surface area (Å²) in [6.07, 6.45) is 3.33. The van der Waals surface area contributed by atoms with Crippen LogP contribution in [0.4, 0.5) is 0 Å². The summed E-state index contributed by atoms with van der Waals surface area (Å²) in [7, 11) is -1.40. The molecule has 0 aromatic heterocycles. The average Bonchev–Trinajstić information content (AvgIpc) is 2.90. The average molecular weight is 302 g/mol. The van der Waals surface area contributed by atoms with Gasteiger partial charge in [-0.2, -0.15) is 0 Å². The molecule has 0 aliphatic carbocycles. The lowest BCUT2D eigenvalue weighted by molar-refractivity contribution is 0.432. The van der Waals surface area contributed by atoms with Crippen LogP contribution in [0.15, 0.2) is 42.5 Å². The van der Waals surface area contributed by atoms with Crippen LogP contribution in [0.25, 0.3) is 0 Å². The number of unbranched alkanes of at least 4 members (excludes halogenated alkanes) is 1. The van der Waals surface area contributed by atoms with E-state index in [4.69, 9.17) is 13.6 Å². The highest BCUT2D eigenvalue weighted by molar-refractivity contribution is 7.43. The number of rotatable bonds is 5. The molecule has 21 heavy (non-hydrogen) atoms. The molecule has 1 atom stereocenters. The summed E-state index contributed by atoms with van der Waals surface area (Å²) in [5.74, 6) is 2.46. The molecule has 1 aliphatic rings. The first-order valence-corrected chi connectivity index (χ1v) is 8.39. The topological polar surface area (TPSA) is 27.7 Å². The minimum atomic E-state index is -1.40. The lowest BCUT2D eigenvalue weighted by Crippen LogP contribution is -1.96. The molecule has 3 rings (SSSR count). The molecule has 1 aliphatic heterocycles. The molecule has 0 amide bonds. The van der Waals surface area contributed by atoms with Gasteiger partial charge in [0.05, 0.1) is 0 Å². The maximum Gasteiger partial charge on any atom is 0.530 e. The number of fused-ring (bicyclic) bond motifs is 1. The number of hydrogen-bond acceptors (Lipinski definition) is 3. The molecular weight excluding hydrogens is 283 g/mol. The molecule has 1 heterocycles. The molecule has 0 spiro atoms. The van der Waals surface area contributed by atoms with Crippen molar-refractivity contribution in [2.45, 2.75) is 33.1 Å². The molecule has 0 fully saturated rings. The Kier molecular flexibility index (Phi) is 4.31. The summed E-state index contributed by atoms with van der Waals surface area (Å²) in [5, 5.41) is 0. The first-order chi connectivity index (χ1) is 10.3. The first-order valence-electron chi connectivity index (χ1n) is 7.29. The van der Waals surface area contributed by atoms with Crippen molar-refractivity contribution in [3.63, 3.8) is 0 Å². The molecule has 0 N–H and O–H groups in total. The lowest BCUT2D eigenvalue weighted by Gasteiger charge is -2.11. The van der Waals surface area contributed by atoms with Crippen LogP contribution in [0.5, 0.6) is 17.2 Å². The molecular formula is C17H19O3P. The van der Waals surface area contributed by atoms with E-state index >= 15 is 0 Å². The molecule has 3 nitrogen and oxygen atoms in total. The summed E-state index contributed by atoms with van der Waals surface area (Å²) in [5.41, 5.74) is 2.28. The SMILES string of the molecule is CCCCc1cccc2c1OP(Oc1ccccc1C)O2. The third-order valence-electron chi connectivity index (χ3n) is 3.47. The van der Waals surface area contributed by atoms with Gasteiger partial charge in [0.25, 0.3) is 0 Å². The summed E-state index contributed by atoms with van der Waals surface area (Å²) < 4.78 is 17.6. The van der Waals surface area contributed by atoms with Gasteiger partial charge in [-0.05, 0) is 43.0 Å². The van der Waals surface area contributed by atoms with Crippen molar-refractivity contribution in [3.8, 4) is 17.2 Å². The fourth-order valence-corrected chi connectivity index (χ4v) is 3.39. The fourth-order valence-electron chi connectivity index (χ4n) is 2.25. The molecule has 4 heteroatoms. The van der Waals surface area contributed by atoms with E-state index < -0.39 is 8.60 Å². The van der Waals surface area contributed by atoms with Crippen molar-refractivity contribution in [3.05, 3.63) is 53.6 Å². The zero-order valence-corrected chi connectivity index (χ0v) is 13.2. The normalized spacial score (nSPS) is 16.0. The number of hydrogen-bond donors (Lipinski definition) is 0. The zero-order chi connectivity index (χ0) is 14.7. The number of para-hydroxylation sites is 2. The Hall–Kier alpha value is -1.73. The van der Waals surface area contributed by atoms with E-state index in [1.54, 1.807) is 0 Å². The Morgan fingerprint density at radius 3 is 2.71 bits per heavy atom. The van der Waals surface area contributed by atoms with E-state index in [0.717, 1.165) is 35.7 Å². The van der Waals surface area contributed by atoms with Crippen LogP contribution in [-0.2, 0) is 6.42 Å². The van der Waals surface area contributed by atoms with Gasteiger partial charge < -0.3 is 13.6 Å². The molecule has 0 saturated carbocycles. The molecule has 0 radical (unpaired) electrons. The molecule has 110 valence electrons. The van der Waals surface area contributed by atoms with E-state index in [-0.39, 0.29) is 0 Å². The second-order valence-electron chi connectivity index (χ2n) is 5.11. The van der Waals surface area contributed by atoms with Crippen LogP contribution >= 0.6 is 8.60 Å². The van der Waals surface area contributed by atoms with E-state index in [1.165, 1.54) is 12.0 Å². The van der Waals surface area contributed by atoms with Gasteiger partial charge in [0.2, 0.25) is 0 Å². The van der Waals surface area contributed by atoms with Crippen LogP contribution in [0.1, 0.15) is 30.9 Å². The largest absolute Gasteiger partial charge is 0.530 e. The Morgan fingerprint density at radius 1 is 1.05 bits per heavy atom. The van der Waals surface area contributed by atoms with Crippen molar-refractivity contribution in [2.75, 3.05) is 0 Å². The minimum Gasteiger partial charge on any atom is -0.408 e. The van der Waals surface area contributed by atoms with Crippen molar-refractivity contribution in [2.24, 2.45) is 0 Å². The van der Waals surface area contributed by atoms with E-state index in [1.807, 2.05) is 43.3 Å². The molecule has 0 saturated heterocycles. The van der Waals surface area contributed by atoms with Gasteiger partial charge in [-0.25, -0.2) is 0 Å². The summed E-state index contributed by atoms with van der Waals surface area (Å²) in [4.78, 5) is 0. The fraction of sp³-hybridized carbons (Fsp3) is 0.294. The Balaban J connectivity index is 1.74. The third-order valence-corrected chi connectivity index (χ3v) is 4.49. The standard InChI is InChI=1S/C17H19O3P/c1-3-4-9-14-10-7-12-16-17(14)20-21(19-16)18-15-11-6-5-8-13(15)2/h5-8,10-12H,3-4,9H2,1-2H3. The molecule has 1 unspecified atom stereocenters. The van der Waals surface area contributed by atoms with Gasteiger partial charge in [-0.15, -0.1) is 0 Å². The Labute approximate surface area is 126 Å². The monoisotopic (exact) mass is 302 g/mol. The smallest absolute Gasteiger partial charge is 0.408 e. The molecule has 2 aromatic rings. The maximum absolute atomic E-state index is 5.91. The Morgan fingerprint density at radius 2 is 1.90 bits per heavy atom. The third kappa shape index (κ3) is 3.14. The van der Waals surface area contributed by atoms with Crippen LogP contribution in [0.2, 0.25) is 0 Å². The second-order valence-corrected chi connectivity index (χ2v) is 6.11. The van der Waals surface area contributed by atoms with Crippen LogP contribution in [0, 0.1) is 6.92 Å². The first kappa shape index (κ1) is 14.2. The number of benzene rings is 2. The van der Waals surface area contributed by atoms with Gasteiger partial charge in [0.15, 0.2) is 11.5 Å². The van der Waals surface area contributed by atoms with E-state index in [2.05, 4.69) is 13.0 Å². The van der Waals surface area contributed by atoms with Crippen LogP contribution in [0.3, 0.4) is 0 Å². The van der Waals surface area contributed by atoms with Crippen LogP contribution < -0.4 is 13.6 Å². The maximum atomic E-state index is 5.91. The van der Waals surface area contributed by atoms with E-state index in [9.17, 15) is 0 Å². The van der Waals surface area contributed by atoms with Crippen molar-refractivity contribution < 1.29 is 13.6 Å². The summed E-state index contributed by atoms with van der Waals surface area (Å²) >= 11 is 0. The van der Waals surface area contributed by atoms with Crippen molar-refractivity contribution in [1.29, 1.82) is 0 Å². The van der Waals surface area contributed by atoms with Crippen LogP contribution in [-0.4, -0.2) is 0 Å². The highest BCUT2D eigenvalue weighted by Gasteiger charge is 2.31. The van der Waals surface area contributed by atoms with E-state index in [0.29, 0.717) is 0 Å². The molecule has 2 aromatic carbocycles. The van der Waals surface area contributed by atoms with Gasteiger partial charge in [-0.3, -0.25) is 0 Å². The Bertz CT molecular complexity index is 627. The van der Waals surface area contributed by atoms with Gasteiger partial charge in [0.1, 0.15) is 5.75 Å². The predicted molar refractivity (Wildman–Crippen MR) is 85.0 cm³/mol. The van der Waals surface area contributed by atoms with Gasteiger partial charge >= 0.3 is 8.60 Å². The second kappa shape index (κ2) is 6.36. The lowest BCUT2D eigenvalue weighted by atomic mass is 10.1. The van der Waals surface area contributed by atoms with Gasteiger partial charge in [-0.1, -0.05) is 43.7 Å². The highest BCUT2D eigenvalue weighted by atomic mass is 31.2.